The molecule has 2 heterocycles. The molecule has 1 N–H and O–H groups in total. The summed E-state index contributed by atoms with van der Waals surface area (Å²) in [6.45, 7) is 0.105. The Morgan fingerprint density at radius 1 is 1.29 bits per heavy atom. The van der Waals surface area contributed by atoms with Crippen LogP contribution in [0.1, 0.15) is 16.8 Å². The highest BCUT2D eigenvalue weighted by atomic mass is 19.1. The van der Waals surface area contributed by atoms with Crippen LogP contribution in [0.4, 0.5) is 14.9 Å². The monoisotopic (exact) mass is 336 g/mol. The van der Waals surface area contributed by atoms with Gasteiger partial charge in [0.25, 0.3) is 5.91 Å². The molecule has 2 amide bonds. The van der Waals surface area contributed by atoms with Crippen LogP contribution in [0.15, 0.2) is 24.3 Å². The predicted molar refractivity (Wildman–Crippen MR) is 81.7 cm³/mol. The number of hydrogen-bond donors (Lipinski definition) is 1. The van der Waals surface area contributed by atoms with Gasteiger partial charge in [0.05, 0.1) is 12.7 Å². The number of halogens is 1. The normalized spacial score (nSPS) is 26.2. The Labute approximate surface area is 137 Å². The van der Waals surface area contributed by atoms with Gasteiger partial charge in [-0.1, -0.05) is 0 Å². The summed E-state index contributed by atoms with van der Waals surface area (Å²) in [5.74, 6) is -1.85. The van der Waals surface area contributed by atoms with Crippen molar-refractivity contribution in [3.63, 3.8) is 0 Å². The van der Waals surface area contributed by atoms with Crippen molar-refractivity contribution in [1.82, 2.24) is 4.90 Å². The molecule has 2 saturated heterocycles. The lowest BCUT2D eigenvalue weighted by Gasteiger charge is -2.35. The lowest BCUT2D eigenvalue weighted by Crippen LogP contribution is -2.52. The number of likely N-dealkylation sites (tertiary alicyclic amines) is 1. The molecular formula is C16H17FN2O5. The van der Waals surface area contributed by atoms with E-state index >= 15 is 4.39 Å². The molecule has 7 nitrogen and oxygen atoms in total. The van der Waals surface area contributed by atoms with Gasteiger partial charge in [0.1, 0.15) is 0 Å². The van der Waals surface area contributed by atoms with Crippen molar-refractivity contribution in [1.29, 1.82) is 0 Å². The summed E-state index contributed by atoms with van der Waals surface area (Å²) in [5.41, 5.74) is -1.23. The van der Waals surface area contributed by atoms with Gasteiger partial charge in [-0.15, -0.1) is 0 Å². The van der Waals surface area contributed by atoms with Crippen molar-refractivity contribution in [2.24, 2.45) is 5.92 Å². The molecule has 0 aromatic heterocycles. The summed E-state index contributed by atoms with van der Waals surface area (Å²) in [5, 5.41) is 9.06. The van der Waals surface area contributed by atoms with E-state index in [4.69, 9.17) is 5.11 Å². The quantitative estimate of drug-likeness (QED) is 0.828. The zero-order valence-electron chi connectivity index (χ0n) is 13.1. The summed E-state index contributed by atoms with van der Waals surface area (Å²) >= 11 is 0. The zero-order valence-corrected chi connectivity index (χ0v) is 13.1. The van der Waals surface area contributed by atoms with Crippen LogP contribution in [-0.4, -0.2) is 60.4 Å². The number of benzene rings is 1. The summed E-state index contributed by atoms with van der Waals surface area (Å²) in [7, 11) is 1.27. The smallest absolute Gasteiger partial charge is 0.407 e. The molecule has 1 aromatic rings. The fourth-order valence-electron chi connectivity index (χ4n) is 3.31. The van der Waals surface area contributed by atoms with Crippen LogP contribution >= 0.6 is 0 Å². The Morgan fingerprint density at radius 3 is 2.54 bits per heavy atom. The maximum atomic E-state index is 15.1. The standard InChI is InChI=1S/C16H17FN2O5/c1-24-13(20)10-2-4-12(5-3-10)19-9-11-8-18(15(22)23)7-6-16(11,17)14(19)21/h2-5,11H,6-9H2,1H3,(H,22,23)/t11-,16+/m0/s1. The first-order valence-electron chi connectivity index (χ1n) is 7.54. The van der Waals surface area contributed by atoms with Crippen molar-refractivity contribution < 1.29 is 28.6 Å². The molecule has 0 radical (unpaired) electrons. The van der Waals surface area contributed by atoms with Gasteiger partial charge >= 0.3 is 12.1 Å². The van der Waals surface area contributed by atoms with Gasteiger partial charge in [-0.25, -0.2) is 14.0 Å². The maximum Gasteiger partial charge on any atom is 0.407 e. The summed E-state index contributed by atoms with van der Waals surface area (Å²) in [6.07, 6.45) is -1.25. The van der Waals surface area contributed by atoms with E-state index in [1.165, 1.54) is 24.1 Å². The lowest BCUT2D eigenvalue weighted by atomic mass is 9.85. The van der Waals surface area contributed by atoms with E-state index in [-0.39, 0.29) is 26.1 Å². The molecule has 8 heteroatoms. The molecule has 1 aromatic carbocycles. The number of esters is 1. The van der Waals surface area contributed by atoms with Gasteiger partial charge in [0.2, 0.25) is 0 Å². The number of piperidine rings is 1. The summed E-state index contributed by atoms with van der Waals surface area (Å²) in [4.78, 5) is 37.5. The third kappa shape index (κ3) is 2.47. The highest BCUT2D eigenvalue weighted by Gasteiger charge is 2.57. The predicted octanol–water partition coefficient (Wildman–Crippen LogP) is 1.53. The van der Waals surface area contributed by atoms with Crippen molar-refractivity contribution >= 4 is 23.7 Å². The second-order valence-corrected chi connectivity index (χ2v) is 5.99. The molecule has 2 aliphatic heterocycles. The van der Waals surface area contributed by atoms with Crippen LogP contribution < -0.4 is 4.90 Å². The average molecular weight is 336 g/mol. The van der Waals surface area contributed by atoms with E-state index in [0.717, 1.165) is 4.90 Å². The van der Waals surface area contributed by atoms with Crippen molar-refractivity contribution in [2.45, 2.75) is 12.1 Å². The largest absolute Gasteiger partial charge is 0.465 e. The fourth-order valence-corrected chi connectivity index (χ4v) is 3.31. The maximum absolute atomic E-state index is 15.1. The molecule has 2 atom stereocenters. The Hall–Kier alpha value is -2.64. The number of ether oxygens (including phenoxy) is 1. The summed E-state index contributed by atoms with van der Waals surface area (Å²) in [6, 6.07) is 6.12. The molecule has 0 aliphatic carbocycles. The SMILES string of the molecule is COC(=O)c1ccc(N2C[C@@H]3CN(C(=O)O)CC[C@]3(F)C2=O)cc1. The second kappa shape index (κ2) is 5.77. The number of anilines is 1. The Bertz CT molecular complexity index is 692. The molecule has 2 fully saturated rings. The van der Waals surface area contributed by atoms with Gasteiger partial charge < -0.3 is 19.6 Å². The minimum absolute atomic E-state index is 0.00317. The molecule has 3 rings (SSSR count). The molecule has 2 aliphatic rings. The van der Waals surface area contributed by atoms with Crippen LogP contribution in [0, 0.1) is 5.92 Å². The average Bonchev–Trinajstić information content (AvgIpc) is 2.85. The first-order chi connectivity index (χ1) is 11.4. The molecule has 0 bridgehead atoms. The van der Waals surface area contributed by atoms with E-state index in [9.17, 15) is 14.4 Å². The number of carbonyl (C=O) groups excluding carboxylic acids is 2. The summed E-state index contributed by atoms with van der Waals surface area (Å²) < 4.78 is 19.7. The Balaban J connectivity index is 1.82. The molecule has 0 spiro atoms. The number of carbonyl (C=O) groups is 3. The topological polar surface area (TPSA) is 87.2 Å². The molecule has 0 saturated carbocycles. The van der Waals surface area contributed by atoms with Crippen LogP contribution in [0.25, 0.3) is 0 Å². The van der Waals surface area contributed by atoms with Crippen molar-refractivity contribution in [3.05, 3.63) is 29.8 Å². The number of amides is 2. The minimum atomic E-state index is -2.03. The third-order valence-electron chi connectivity index (χ3n) is 4.71. The molecule has 0 unspecified atom stereocenters. The Kier molecular flexibility index (Phi) is 3.90. The zero-order chi connectivity index (χ0) is 17.5. The molecular weight excluding hydrogens is 319 g/mol. The van der Waals surface area contributed by atoms with Gasteiger partial charge in [-0.2, -0.15) is 0 Å². The van der Waals surface area contributed by atoms with Gasteiger partial charge in [0.15, 0.2) is 5.67 Å². The highest BCUT2D eigenvalue weighted by Crippen LogP contribution is 2.41. The van der Waals surface area contributed by atoms with Crippen LogP contribution in [0.2, 0.25) is 0 Å². The highest BCUT2D eigenvalue weighted by molar-refractivity contribution is 6.03. The van der Waals surface area contributed by atoms with E-state index in [1.807, 2.05) is 0 Å². The first-order valence-corrected chi connectivity index (χ1v) is 7.54. The number of fused-ring (bicyclic) bond motifs is 1. The fraction of sp³-hybridized carbons (Fsp3) is 0.438. The third-order valence-corrected chi connectivity index (χ3v) is 4.71. The molecule has 24 heavy (non-hydrogen) atoms. The number of carboxylic acid groups (broad SMARTS) is 1. The lowest BCUT2D eigenvalue weighted by molar-refractivity contribution is -0.131. The van der Waals surface area contributed by atoms with Crippen LogP contribution in [0.3, 0.4) is 0 Å². The van der Waals surface area contributed by atoms with Crippen molar-refractivity contribution in [2.75, 3.05) is 31.6 Å². The van der Waals surface area contributed by atoms with Gasteiger partial charge in [-0.3, -0.25) is 4.79 Å². The number of alkyl halides is 1. The van der Waals surface area contributed by atoms with Crippen LogP contribution in [0.5, 0.6) is 0 Å². The number of nitrogens with zero attached hydrogens (tertiary/aromatic N) is 2. The number of hydrogen-bond acceptors (Lipinski definition) is 4. The van der Waals surface area contributed by atoms with E-state index in [0.29, 0.717) is 11.3 Å². The van der Waals surface area contributed by atoms with Gasteiger partial charge in [0, 0.05) is 37.7 Å². The second-order valence-electron chi connectivity index (χ2n) is 5.99. The van der Waals surface area contributed by atoms with E-state index in [2.05, 4.69) is 4.74 Å². The van der Waals surface area contributed by atoms with Gasteiger partial charge in [-0.05, 0) is 24.3 Å². The number of methoxy groups -OCH3 is 1. The molecule has 128 valence electrons. The van der Waals surface area contributed by atoms with Crippen molar-refractivity contribution in [3.8, 4) is 0 Å². The minimum Gasteiger partial charge on any atom is -0.465 e. The van der Waals surface area contributed by atoms with E-state index < -0.39 is 29.6 Å². The van der Waals surface area contributed by atoms with Crippen LogP contribution in [-0.2, 0) is 9.53 Å². The Morgan fingerprint density at radius 2 is 1.96 bits per heavy atom. The van der Waals surface area contributed by atoms with E-state index in [1.54, 1.807) is 12.1 Å². The first kappa shape index (κ1) is 16.2. The number of rotatable bonds is 2.